The highest BCUT2D eigenvalue weighted by Crippen LogP contribution is 2.17. The molecule has 1 N–H and O–H groups in total. The van der Waals surface area contributed by atoms with E-state index in [-0.39, 0.29) is 0 Å². The second-order valence-electron chi connectivity index (χ2n) is 4.67. The van der Waals surface area contributed by atoms with Crippen molar-refractivity contribution >= 4 is 15.9 Å². The molecule has 0 unspecified atom stereocenters. The fourth-order valence-electron chi connectivity index (χ4n) is 1.80. The number of benzene rings is 2. The molecule has 2 rings (SSSR count). The Labute approximate surface area is 117 Å². The van der Waals surface area contributed by atoms with Crippen molar-refractivity contribution in [1.29, 1.82) is 0 Å². The Morgan fingerprint density at radius 1 is 0.889 bits per heavy atom. The average Bonchev–Trinajstić information content (AvgIpc) is 2.36. The number of hydrogen-bond donors (Lipinski definition) is 1. The molecule has 1 nitrogen and oxygen atoms in total. The molecule has 0 spiro atoms. The monoisotopic (exact) mass is 303 g/mol. The highest BCUT2D eigenvalue weighted by molar-refractivity contribution is 9.10. The first kappa shape index (κ1) is 13.3. The summed E-state index contributed by atoms with van der Waals surface area (Å²) in [7, 11) is 0. The van der Waals surface area contributed by atoms with Crippen LogP contribution in [-0.2, 0) is 13.1 Å². The number of nitrogens with one attached hydrogen (secondary N) is 1. The summed E-state index contributed by atoms with van der Waals surface area (Å²) in [6.07, 6.45) is 0. The Hall–Kier alpha value is -1.12. The molecule has 0 aromatic heterocycles. The molecule has 0 fully saturated rings. The molecule has 0 heterocycles. The van der Waals surface area contributed by atoms with Crippen molar-refractivity contribution in [3.8, 4) is 0 Å². The zero-order valence-electron chi connectivity index (χ0n) is 10.8. The molecule has 0 atom stereocenters. The lowest BCUT2D eigenvalue weighted by atomic mass is 10.1. The predicted molar refractivity (Wildman–Crippen MR) is 80.6 cm³/mol. The summed E-state index contributed by atoms with van der Waals surface area (Å²) < 4.78 is 1.18. The molecule has 0 saturated heterocycles. The van der Waals surface area contributed by atoms with E-state index in [2.05, 4.69) is 77.6 Å². The van der Waals surface area contributed by atoms with Crippen molar-refractivity contribution < 1.29 is 0 Å². The largest absolute Gasteiger partial charge is 0.309 e. The van der Waals surface area contributed by atoms with E-state index < -0.39 is 0 Å². The second-order valence-corrected chi connectivity index (χ2v) is 5.53. The first-order chi connectivity index (χ1) is 8.65. The lowest BCUT2D eigenvalue weighted by molar-refractivity contribution is 0.693. The van der Waals surface area contributed by atoms with Gasteiger partial charge in [0.2, 0.25) is 0 Å². The van der Waals surface area contributed by atoms with Gasteiger partial charge < -0.3 is 5.32 Å². The van der Waals surface area contributed by atoms with Gasteiger partial charge in [-0.05, 0) is 36.6 Å². The summed E-state index contributed by atoms with van der Waals surface area (Å²) in [5.41, 5.74) is 5.21. The molecule has 2 aromatic rings. The smallest absolute Gasteiger partial charge is 0.0209 e. The van der Waals surface area contributed by atoms with Gasteiger partial charge in [0.05, 0.1) is 0 Å². The third kappa shape index (κ3) is 3.69. The van der Waals surface area contributed by atoms with Crippen LogP contribution < -0.4 is 5.32 Å². The molecule has 18 heavy (non-hydrogen) atoms. The summed E-state index contributed by atoms with van der Waals surface area (Å²) in [6.45, 7) is 6.02. The van der Waals surface area contributed by atoms with Gasteiger partial charge in [0.25, 0.3) is 0 Å². The number of aryl methyl sites for hydroxylation is 2. The van der Waals surface area contributed by atoms with E-state index in [4.69, 9.17) is 0 Å². The Kier molecular flexibility index (Phi) is 4.56. The molecule has 0 aliphatic rings. The van der Waals surface area contributed by atoms with Crippen molar-refractivity contribution in [2.45, 2.75) is 26.9 Å². The minimum Gasteiger partial charge on any atom is -0.309 e. The van der Waals surface area contributed by atoms with Crippen LogP contribution in [-0.4, -0.2) is 0 Å². The molecule has 0 saturated carbocycles. The molecular weight excluding hydrogens is 286 g/mol. The van der Waals surface area contributed by atoms with Crippen LogP contribution in [0.2, 0.25) is 0 Å². The molecule has 2 heteroatoms. The van der Waals surface area contributed by atoms with Crippen LogP contribution in [0.1, 0.15) is 22.3 Å². The number of halogens is 1. The number of hydrogen-bond acceptors (Lipinski definition) is 1. The quantitative estimate of drug-likeness (QED) is 0.885. The maximum Gasteiger partial charge on any atom is 0.0209 e. The third-order valence-electron chi connectivity index (χ3n) is 3.02. The van der Waals surface area contributed by atoms with Gasteiger partial charge in [-0.1, -0.05) is 57.9 Å². The van der Waals surface area contributed by atoms with Crippen molar-refractivity contribution in [2.75, 3.05) is 0 Å². The average molecular weight is 304 g/mol. The fourth-order valence-corrected chi connectivity index (χ4v) is 2.23. The fraction of sp³-hybridized carbons (Fsp3) is 0.250. The van der Waals surface area contributed by atoms with Gasteiger partial charge in [0, 0.05) is 17.6 Å². The zero-order chi connectivity index (χ0) is 13.0. The zero-order valence-corrected chi connectivity index (χ0v) is 12.4. The summed E-state index contributed by atoms with van der Waals surface area (Å²) in [4.78, 5) is 0. The molecule has 0 bridgehead atoms. The first-order valence-electron chi connectivity index (χ1n) is 6.16. The van der Waals surface area contributed by atoms with Gasteiger partial charge in [-0.25, -0.2) is 0 Å². The Morgan fingerprint density at radius 3 is 2.17 bits per heavy atom. The Morgan fingerprint density at radius 2 is 1.50 bits per heavy atom. The Bertz CT molecular complexity index is 517. The molecule has 0 amide bonds. The molecule has 94 valence electrons. The van der Waals surface area contributed by atoms with Crippen LogP contribution in [0.4, 0.5) is 0 Å². The maximum absolute atomic E-state index is 3.56. The predicted octanol–water partition coefficient (Wildman–Crippen LogP) is 4.36. The third-order valence-corrected chi connectivity index (χ3v) is 3.87. The van der Waals surface area contributed by atoms with Crippen LogP contribution in [0.5, 0.6) is 0 Å². The summed E-state index contributed by atoms with van der Waals surface area (Å²) in [6, 6.07) is 15.1. The van der Waals surface area contributed by atoms with E-state index in [1.54, 1.807) is 0 Å². The molecule has 2 aromatic carbocycles. The lowest BCUT2D eigenvalue weighted by Gasteiger charge is -2.07. The summed E-state index contributed by atoms with van der Waals surface area (Å²) >= 11 is 3.56. The van der Waals surface area contributed by atoms with Gasteiger partial charge in [-0.3, -0.25) is 0 Å². The van der Waals surface area contributed by atoms with Crippen LogP contribution in [0, 0.1) is 13.8 Å². The Balaban J connectivity index is 1.88. The van der Waals surface area contributed by atoms with Gasteiger partial charge >= 0.3 is 0 Å². The molecular formula is C16H18BrN. The SMILES string of the molecule is Cc1ccc(CNCc2ccc(C)c(Br)c2)cc1. The highest BCUT2D eigenvalue weighted by atomic mass is 79.9. The highest BCUT2D eigenvalue weighted by Gasteiger charge is 1.98. The van der Waals surface area contributed by atoms with Crippen molar-refractivity contribution in [1.82, 2.24) is 5.32 Å². The van der Waals surface area contributed by atoms with E-state index >= 15 is 0 Å². The summed E-state index contributed by atoms with van der Waals surface area (Å²) in [5.74, 6) is 0. The van der Waals surface area contributed by atoms with Gasteiger partial charge in [-0.2, -0.15) is 0 Å². The van der Waals surface area contributed by atoms with E-state index in [9.17, 15) is 0 Å². The molecule has 0 aliphatic heterocycles. The normalized spacial score (nSPS) is 10.6. The van der Waals surface area contributed by atoms with Crippen LogP contribution >= 0.6 is 15.9 Å². The lowest BCUT2D eigenvalue weighted by Crippen LogP contribution is -2.12. The van der Waals surface area contributed by atoms with E-state index in [1.807, 2.05) is 0 Å². The van der Waals surface area contributed by atoms with Gasteiger partial charge in [0.1, 0.15) is 0 Å². The van der Waals surface area contributed by atoms with Crippen molar-refractivity contribution in [2.24, 2.45) is 0 Å². The van der Waals surface area contributed by atoms with Crippen LogP contribution in [0.25, 0.3) is 0 Å². The molecule has 0 aliphatic carbocycles. The summed E-state index contributed by atoms with van der Waals surface area (Å²) in [5, 5.41) is 3.46. The van der Waals surface area contributed by atoms with Crippen molar-refractivity contribution in [3.63, 3.8) is 0 Å². The minimum absolute atomic E-state index is 0.896. The van der Waals surface area contributed by atoms with Crippen LogP contribution in [0.15, 0.2) is 46.9 Å². The van der Waals surface area contributed by atoms with Gasteiger partial charge in [0.15, 0.2) is 0 Å². The number of rotatable bonds is 4. The van der Waals surface area contributed by atoms with E-state index in [0.717, 1.165) is 13.1 Å². The topological polar surface area (TPSA) is 12.0 Å². The standard InChI is InChI=1S/C16H18BrN/c1-12-3-6-14(7-4-12)10-18-11-15-8-5-13(2)16(17)9-15/h3-9,18H,10-11H2,1-2H3. The first-order valence-corrected chi connectivity index (χ1v) is 6.96. The second kappa shape index (κ2) is 6.17. The minimum atomic E-state index is 0.896. The van der Waals surface area contributed by atoms with Crippen molar-refractivity contribution in [3.05, 3.63) is 69.2 Å². The maximum atomic E-state index is 3.56. The molecule has 0 radical (unpaired) electrons. The van der Waals surface area contributed by atoms with Crippen LogP contribution in [0.3, 0.4) is 0 Å². The van der Waals surface area contributed by atoms with E-state index in [1.165, 1.54) is 26.7 Å². The van der Waals surface area contributed by atoms with E-state index in [0.29, 0.717) is 0 Å². The van der Waals surface area contributed by atoms with Gasteiger partial charge in [-0.15, -0.1) is 0 Å².